The molecule has 0 N–H and O–H groups in total. The summed E-state index contributed by atoms with van der Waals surface area (Å²) < 4.78 is 10.2. The van der Waals surface area contributed by atoms with Crippen LogP contribution in [0.3, 0.4) is 0 Å². The molecule has 2 aromatic carbocycles. The number of carbonyl (C=O) groups excluding carboxylic acids is 2. The minimum atomic E-state index is -0.857. The number of hydrogen-bond donors (Lipinski definition) is 0. The van der Waals surface area contributed by atoms with E-state index in [0.717, 1.165) is 16.3 Å². The number of hydrogen-bond acceptors (Lipinski definition) is 4. The second kappa shape index (κ2) is 4.88. The highest BCUT2D eigenvalue weighted by Crippen LogP contribution is 2.52. The number of benzene rings is 2. The van der Waals surface area contributed by atoms with Crippen LogP contribution < -0.4 is 0 Å². The van der Waals surface area contributed by atoms with Gasteiger partial charge in [0.25, 0.3) is 0 Å². The Morgan fingerprint density at radius 3 is 2.52 bits per heavy atom. The maximum absolute atomic E-state index is 12.2. The highest BCUT2D eigenvalue weighted by molar-refractivity contribution is 5.92. The lowest BCUT2D eigenvalue weighted by Gasteiger charge is -2.16. The maximum Gasteiger partial charge on any atom is 0.320 e. The monoisotopic (exact) mass is 284 g/mol. The lowest BCUT2D eigenvalue weighted by molar-refractivity contribution is -0.148. The Kier molecular flexibility index (Phi) is 3.16. The van der Waals surface area contributed by atoms with Crippen molar-refractivity contribution in [1.82, 2.24) is 0 Å². The van der Waals surface area contributed by atoms with Crippen molar-refractivity contribution < 1.29 is 19.1 Å². The minimum Gasteiger partial charge on any atom is -0.468 e. The van der Waals surface area contributed by atoms with Crippen molar-refractivity contribution in [1.29, 1.82) is 0 Å². The van der Waals surface area contributed by atoms with Gasteiger partial charge >= 0.3 is 11.9 Å². The number of esters is 2. The molecule has 0 bridgehead atoms. The largest absolute Gasteiger partial charge is 0.468 e. The highest BCUT2D eigenvalue weighted by atomic mass is 16.6. The van der Waals surface area contributed by atoms with Gasteiger partial charge < -0.3 is 9.47 Å². The Morgan fingerprint density at radius 2 is 1.86 bits per heavy atom. The summed E-state index contributed by atoms with van der Waals surface area (Å²) in [6.45, 7) is 1.35. The van der Waals surface area contributed by atoms with Crippen molar-refractivity contribution in [2.45, 2.75) is 24.9 Å². The van der Waals surface area contributed by atoms with Gasteiger partial charge in [0.05, 0.1) is 7.11 Å². The highest BCUT2D eigenvalue weighted by Gasteiger charge is 2.65. The lowest BCUT2D eigenvalue weighted by Crippen LogP contribution is -2.27. The van der Waals surface area contributed by atoms with Gasteiger partial charge in [0, 0.05) is 13.3 Å². The molecule has 0 amide bonds. The van der Waals surface area contributed by atoms with E-state index in [1.807, 2.05) is 42.5 Å². The molecule has 4 heteroatoms. The van der Waals surface area contributed by atoms with Gasteiger partial charge in [0.2, 0.25) is 0 Å². The predicted molar refractivity (Wildman–Crippen MR) is 77.8 cm³/mol. The van der Waals surface area contributed by atoms with Crippen LogP contribution in [0.4, 0.5) is 0 Å². The molecule has 0 spiro atoms. The number of ether oxygens (including phenoxy) is 2. The van der Waals surface area contributed by atoms with Gasteiger partial charge in [0.15, 0.2) is 0 Å². The average molecular weight is 284 g/mol. The normalized spacial score (nSPS) is 23.6. The zero-order valence-corrected chi connectivity index (χ0v) is 12.0. The van der Waals surface area contributed by atoms with E-state index < -0.39 is 11.5 Å². The summed E-state index contributed by atoms with van der Waals surface area (Å²) in [5, 5.41) is 2.15. The predicted octanol–water partition coefficient (Wildman–Crippen LogP) is 2.59. The molecular weight excluding hydrogens is 268 g/mol. The quantitative estimate of drug-likeness (QED) is 0.813. The van der Waals surface area contributed by atoms with Crippen LogP contribution in [0, 0.1) is 0 Å². The van der Waals surface area contributed by atoms with Crippen LogP contribution in [-0.4, -0.2) is 25.2 Å². The first-order chi connectivity index (χ1) is 10.1. The van der Waals surface area contributed by atoms with Crippen LogP contribution in [-0.2, 0) is 24.5 Å². The van der Waals surface area contributed by atoms with Crippen molar-refractivity contribution in [2.75, 3.05) is 7.11 Å². The fourth-order valence-electron chi connectivity index (χ4n) is 2.86. The molecule has 108 valence electrons. The van der Waals surface area contributed by atoms with Gasteiger partial charge in [-0.25, -0.2) is 0 Å². The van der Waals surface area contributed by atoms with Crippen molar-refractivity contribution in [3.63, 3.8) is 0 Å². The van der Waals surface area contributed by atoms with E-state index in [9.17, 15) is 9.59 Å². The molecule has 21 heavy (non-hydrogen) atoms. The fourth-order valence-corrected chi connectivity index (χ4v) is 2.86. The lowest BCUT2D eigenvalue weighted by atomic mass is 9.93. The van der Waals surface area contributed by atoms with Gasteiger partial charge in [0.1, 0.15) is 11.5 Å². The SMILES string of the molecule is COC(=O)[C@@]1(c2ccc3ccccc3c2)C[C@@H]1OC(C)=O. The summed E-state index contributed by atoms with van der Waals surface area (Å²) in [6, 6.07) is 13.8. The summed E-state index contributed by atoms with van der Waals surface area (Å²) in [6.07, 6.45) is 0.0287. The number of methoxy groups -OCH3 is 1. The van der Waals surface area contributed by atoms with Crippen LogP contribution >= 0.6 is 0 Å². The van der Waals surface area contributed by atoms with Crippen LogP contribution in [0.1, 0.15) is 18.9 Å². The Labute approximate surface area is 122 Å². The molecule has 0 radical (unpaired) electrons. The van der Waals surface area contributed by atoms with E-state index in [1.54, 1.807) is 0 Å². The van der Waals surface area contributed by atoms with E-state index in [1.165, 1.54) is 14.0 Å². The van der Waals surface area contributed by atoms with Gasteiger partial charge in [-0.15, -0.1) is 0 Å². The zero-order chi connectivity index (χ0) is 15.0. The van der Waals surface area contributed by atoms with Crippen molar-refractivity contribution in [3.8, 4) is 0 Å². The average Bonchev–Trinajstić information content (AvgIpc) is 3.20. The van der Waals surface area contributed by atoms with E-state index in [2.05, 4.69) is 0 Å². The Balaban J connectivity index is 2.04. The Morgan fingerprint density at radius 1 is 1.14 bits per heavy atom. The molecule has 3 rings (SSSR count). The summed E-state index contributed by atoms with van der Waals surface area (Å²) in [7, 11) is 1.36. The smallest absolute Gasteiger partial charge is 0.320 e. The molecule has 0 aliphatic heterocycles. The summed E-state index contributed by atoms with van der Waals surface area (Å²) in [4.78, 5) is 23.4. The number of carbonyl (C=O) groups is 2. The molecule has 0 saturated heterocycles. The van der Waals surface area contributed by atoms with E-state index >= 15 is 0 Å². The summed E-state index contributed by atoms with van der Waals surface area (Å²) in [5.41, 5.74) is -0.0240. The molecule has 0 aromatic heterocycles. The molecule has 1 saturated carbocycles. The number of rotatable bonds is 3. The first kappa shape index (κ1) is 13.6. The summed E-state index contributed by atoms with van der Waals surface area (Å²) >= 11 is 0. The minimum absolute atomic E-state index is 0.357. The second-order valence-electron chi connectivity index (χ2n) is 5.33. The molecule has 0 unspecified atom stereocenters. The molecule has 2 aromatic rings. The van der Waals surface area contributed by atoms with E-state index in [-0.39, 0.29) is 11.9 Å². The van der Waals surface area contributed by atoms with Crippen LogP contribution in [0.15, 0.2) is 42.5 Å². The Bertz CT molecular complexity index is 722. The van der Waals surface area contributed by atoms with Gasteiger partial charge in [-0.1, -0.05) is 36.4 Å². The molecule has 1 fully saturated rings. The molecule has 0 heterocycles. The molecule has 1 aliphatic rings. The summed E-state index contributed by atoms with van der Waals surface area (Å²) in [5.74, 6) is -0.740. The van der Waals surface area contributed by atoms with E-state index in [4.69, 9.17) is 9.47 Å². The van der Waals surface area contributed by atoms with Crippen molar-refractivity contribution >= 4 is 22.7 Å². The van der Waals surface area contributed by atoms with Crippen LogP contribution in [0.2, 0.25) is 0 Å². The molecule has 4 nitrogen and oxygen atoms in total. The standard InChI is InChI=1S/C17H16O4/c1-11(18)21-15-10-17(15,16(19)20-2)14-8-7-12-5-3-4-6-13(12)9-14/h3-9,15H,10H2,1-2H3/t15-,17+/m0/s1. The van der Waals surface area contributed by atoms with Gasteiger partial charge in [-0.2, -0.15) is 0 Å². The zero-order valence-electron chi connectivity index (χ0n) is 12.0. The third-order valence-electron chi connectivity index (χ3n) is 4.02. The van der Waals surface area contributed by atoms with Crippen molar-refractivity contribution in [3.05, 3.63) is 48.0 Å². The molecular formula is C17H16O4. The van der Waals surface area contributed by atoms with Crippen LogP contribution in [0.5, 0.6) is 0 Å². The molecule has 1 aliphatic carbocycles. The Hall–Kier alpha value is -2.36. The first-order valence-corrected chi connectivity index (χ1v) is 6.83. The second-order valence-corrected chi connectivity index (χ2v) is 5.33. The van der Waals surface area contributed by atoms with Gasteiger partial charge in [-0.05, 0) is 22.4 Å². The third-order valence-corrected chi connectivity index (χ3v) is 4.02. The number of fused-ring (bicyclic) bond motifs is 1. The first-order valence-electron chi connectivity index (χ1n) is 6.83. The fraction of sp³-hybridized carbons (Fsp3) is 0.294. The topological polar surface area (TPSA) is 52.6 Å². The maximum atomic E-state index is 12.2. The third kappa shape index (κ3) is 2.17. The van der Waals surface area contributed by atoms with Crippen molar-refractivity contribution in [2.24, 2.45) is 0 Å². The van der Waals surface area contributed by atoms with E-state index in [0.29, 0.717) is 6.42 Å². The van der Waals surface area contributed by atoms with Gasteiger partial charge in [-0.3, -0.25) is 9.59 Å². The van der Waals surface area contributed by atoms with Crippen LogP contribution in [0.25, 0.3) is 10.8 Å². The molecule has 2 atom stereocenters.